The van der Waals surface area contributed by atoms with E-state index in [9.17, 15) is 4.79 Å². The minimum atomic E-state index is -0.252. The topological polar surface area (TPSA) is 48.0 Å². The van der Waals surface area contributed by atoms with E-state index in [-0.39, 0.29) is 25.2 Å². The van der Waals surface area contributed by atoms with Crippen LogP contribution in [0.1, 0.15) is 18.1 Å². The maximum atomic E-state index is 11.0. The molecule has 0 unspecified atom stereocenters. The van der Waals surface area contributed by atoms with E-state index in [4.69, 9.17) is 14.2 Å². The normalized spacial score (nSPS) is 11.9. The van der Waals surface area contributed by atoms with Gasteiger partial charge in [-0.15, -0.1) is 12.4 Å². The van der Waals surface area contributed by atoms with Crippen LogP contribution in [0.15, 0.2) is 48.5 Å². The molecule has 0 fully saturated rings. The van der Waals surface area contributed by atoms with Crippen LogP contribution < -0.4 is 9.47 Å². The predicted molar refractivity (Wildman–Crippen MR) is 97.0 cm³/mol. The van der Waals surface area contributed by atoms with E-state index < -0.39 is 0 Å². The van der Waals surface area contributed by atoms with Crippen LogP contribution in [0, 0.1) is 0 Å². The van der Waals surface area contributed by atoms with Gasteiger partial charge >= 0.3 is 5.97 Å². The molecule has 0 saturated heterocycles. The van der Waals surface area contributed by atoms with E-state index >= 15 is 0 Å². The molecule has 0 aliphatic carbocycles. The molecule has 2 aromatic carbocycles. The molecular formula is C19H22ClNO4. The summed E-state index contributed by atoms with van der Waals surface area (Å²) in [6.45, 7) is 4.29. The van der Waals surface area contributed by atoms with E-state index in [1.807, 2.05) is 36.4 Å². The number of carbonyl (C=O) groups excluding carboxylic acids is 1. The lowest BCUT2D eigenvalue weighted by atomic mass is 10.1. The van der Waals surface area contributed by atoms with Gasteiger partial charge in [-0.1, -0.05) is 36.4 Å². The summed E-state index contributed by atoms with van der Waals surface area (Å²) in [7, 11) is 0. The maximum absolute atomic E-state index is 11.0. The number of nitrogens with zero attached hydrogens (tertiary/aromatic N) is 1. The average Bonchev–Trinajstić information content (AvgIpc) is 3.03. The van der Waals surface area contributed by atoms with Crippen molar-refractivity contribution in [1.29, 1.82) is 0 Å². The van der Waals surface area contributed by atoms with Crippen molar-refractivity contribution < 1.29 is 19.0 Å². The Kier molecular flexibility index (Phi) is 7.10. The second kappa shape index (κ2) is 9.30. The zero-order chi connectivity index (χ0) is 16.8. The number of benzene rings is 2. The first kappa shape index (κ1) is 19.1. The second-order valence-corrected chi connectivity index (χ2v) is 5.72. The number of rotatable bonds is 7. The molecule has 2 aromatic rings. The summed E-state index contributed by atoms with van der Waals surface area (Å²) < 4.78 is 15.9. The number of esters is 1. The lowest BCUT2D eigenvalue weighted by molar-refractivity contribution is -0.141. The fourth-order valence-electron chi connectivity index (χ4n) is 2.67. The van der Waals surface area contributed by atoms with E-state index in [1.165, 1.54) is 12.5 Å². The van der Waals surface area contributed by atoms with Crippen LogP contribution in [0.2, 0.25) is 0 Å². The summed E-state index contributed by atoms with van der Waals surface area (Å²) in [5, 5.41) is 0. The molecular weight excluding hydrogens is 342 g/mol. The van der Waals surface area contributed by atoms with Crippen LogP contribution in [0.5, 0.6) is 11.5 Å². The van der Waals surface area contributed by atoms with Gasteiger partial charge < -0.3 is 14.2 Å². The zero-order valence-corrected chi connectivity index (χ0v) is 15.0. The Hall–Kier alpha value is -2.24. The standard InChI is InChI=1S/C19H21NO4.ClH/c1-15(21)22-10-9-20(12-16-5-3-2-4-6-16)13-17-7-8-18-19(11-17)24-14-23-18;/h2-8,11H,9-10,12-14H2,1H3;1H. The minimum absolute atomic E-state index is 0. The third-order valence-electron chi connectivity index (χ3n) is 3.81. The van der Waals surface area contributed by atoms with Crippen LogP contribution in [-0.4, -0.2) is 30.8 Å². The smallest absolute Gasteiger partial charge is 0.302 e. The molecule has 0 aromatic heterocycles. The van der Waals surface area contributed by atoms with Crippen LogP contribution in [0.25, 0.3) is 0 Å². The first-order valence-corrected chi connectivity index (χ1v) is 7.99. The highest BCUT2D eigenvalue weighted by molar-refractivity contribution is 5.85. The summed E-state index contributed by atoms with van der Waals surface area (Å²) in [6, 6.07) is 16.2. The SMILES string of the molecule is CC(=O)OCCN(Cc1ccccc1)Cc1ccc2c(c1)OCO2.Cl. The second-order valence-electron chi connectivity index (χ2n) is 5.72. The molecule has 0 bridgehead atoms. The first-order valence-electron chi connectivity index (χ1n) is 7.99. The molecule has 1 aliphatic heterocycles. The molecule has 3 rings (SSSR count). The Labute approximate surface area is 153 Å². The largest absolute Gasteiger partial charge is 0.465 e. The molecule has 0 spiro atoms. The molecule has 0 saturated carbocycles. The van der Waals surface area contributed by atoms with Crippen molar-refractivity contribution >= 4 is 18.4 Å². The van der Waals surface area contributed by atoms with Crippen LogP contribution in [0.4, 0.5) is 0 Å². The van der Waals surface area contributed by atoms with Crippen LogP contribution >= 0.6 is 12.4 Å². The fourth-order valence-corrected chi connectivity index (χ4v) is 2.67. The Balaban J connectivity index is 0.00000225. The Morgan fingerprint density at radius 3 is 2.52 bits per heavy atom. The Morgan fingerprint density at radius 2 is 1.76 bits per heavy atom. The summed E-state index contributed by atoms with van der Waals surface area (Å²) in [4.78, 5) is 13.2. The van der Waals surface area contributed by atoms with Gasteiger partial charge in [-0.3, -0.25) is 9.69 Å². The van der Waals surface area contributed by atoms with Gasteiger partial charge in [-0.2, -0.15) is 0 Å². The molecule has 6 heteroatoms. The van der Waals surface area contributed by atoms with Crippen molar-refractivity contribution in [3.8, 4) is 11.5 Å². The number of hydrogen-bond donors (Lipinski definition) is 0. The van der Waals surface area contributed by atoms with E-state index in [2.05, 4.69) is 17.0 Å². The van der Waals surface area contributed by atoms with Gasteiger partial charge in [0.2, 0.25) is 6.79 Å². The van der Waals surface area contributed by atoms with Crippen LogP contribution in [0.3, 0.4) is 0 Å². The lowest BCUT2D eigenvalue weighted by Gasteiger charge is -2.22. The van der Waals surface area contributed by atoms with Crippen molar-refractivity contribution in [3.63, 3.8) is 0 Å². The highest BCUT2D eigenvalue weighted by Gasteiger charge is 2.15. The predicted octanol–water partition coefficient (Wildman–Crippen LogP) is 3.40. The molecule has 134 valence electrons. The summed E-state index contributed by atoms with van der Waals surface area (Å²) in [6.07, 6.45) is 0. The van der Waals surface area contributed by atoms with Gasteiger partial charge in [0.25, 0.3) is 0 Å². The van der Waals surface area contributed by atoms with Crippen molar-refractivity contribution in [2.75, 3.05) is 19.9 Å². The van der Waals surface area contributed by atoms with E-state index in [0.29, 0.717) is 13.2 Å². The monoisotopic (exact) mass is 363 g/mol. The van der Waals surface area contributed by atoms with Gasteiger partial charge in [0.05, 0.1) is 0 Å². The van der Waals surface area contributed by atoms with E-state index in [1.54, 1.807) is 0 Å². The van der Waals surface area contributed by atoms with Crippen molar-refractivity contribution in [1.82, 2.24) is 4.90 Å². The highest BCUT2D eigenvalue weighted by Crippen LogP contribution is 2.32. The van der Waals surface area contributed by atoms with Gasteiger partial charge in [-0.05, 0) is 23.3 Å². The number of ether oxygens (including phenoxy) is 3. The number of halogens is 1. The highest BCUT2D eigenvalue weighted by atomic mass is 35.5. The molecule has 1 aliphatic rings. The van der Waals surface area contributed by atoms with Gasteiger partial charge in [0, 0.05) is 26.6 Å². The molecule has 0 radical (unpaired) electrons. The maximum Gasteiger partial charge on any atom is 0.302 e. The molecule has 0 amide bonds. The van der Waals surface area contributed by atoms with Crippen molar-refractivity contribution in [2.45, 2.75) is 20.0 Å². The number of fused-ring (bicyclic) bond motifs is 1. The Bertz CT molecular complexity index is 693. The third kappa shape index (κ3) is 5.66. The van der Waals surface area contributed by atoms with Gasteiger partial charge in [-0.25, -0.2) is 0 Å². The van der Waals surface area contributed by atoms with Crippen LogP contribution in [-0.2, 0) is 22.6 Å². The number of hydrogen-bond acceptors (Lipinski definition) is 5. The third-order valence-corrected chi connectivity index (χ3v) is 3.81. The molecule has 25 heavy (non-hydrogen) atoms. The summed E-state index contributed by atoms with van der Waals surface area (Å²) in [5.74, 6) is 1.32. The van der Waals surface area contributed by atoms with Gasteiger partial charge in [0.1, 0.15) is 6.61 Å². The summed E-state index contributed by atoms with van der Waals surface area (Å²) >= 11 is 0. The zero-order valence-electron chi connectivity index (χ0n) is 14.1. The molecule has 0 atom stereocenters. The average molecular weight is 364 g/mol. The van der Waals surface area contributed by atoms with Crippen molar-refractivity contribution in [2.24, 2.45) is 0 Å². The van der Waals surface area contributed by atoms with Gasteiger partial charge in [0.15, 0.2) is 11.5 Å². The molecule has 1 heterocycles. The van der Waals surface area contributed by atoms with E-state index in [0.717, 1.165) is 30.2 Å². The lowest BCUT2D eigenvalue weighted by Crippen LogP contribution is -2.27. The molecule has 0 N–H and O–H groups in total. The Morgan fingerprint density at radius 1 is 1.04 bits per heavy atom. The fraction of sp³-hybridized carbons (Fsp3) is 0.316. The van der Waals surface area contributed by atoms with Crippen molar-refractivity contribution in [3.05, 3.63) is 59.7 Å². The summed E-state index contributed by atoms with van der Waals surface area (Å²) in [5.41, 5.74) is 2.36. The number of carbonyl (C=O) groups is 1. The first-order chi connectivity index (χ1) is 11.7. The minimum Gasteiger partial charge on any atom is -0.465 e. The quantitative estimate of drug-likeness (QED) is 0.705. The molecule has 5 nitrogen and oxygen atoms in total.